The van der Waals surface area contributed by atoms with Crippen LogP contribution < -0.4 is 4.90 Å². The van der Waals surface area contributed by atoms with E-state index in [1.165, 1.54) is 24.3 Å². The molecule has 2 aromatic carbocycles. The molecule has 172 valence electrons. The Balaban J connectivity index is 1.55. The van der Waals surface area contributed by atoms with E-state index >= 15 is 0 Å². The maximum Gasteiger partial charge on any atom is 0.226 e. The van der Waals surface area contributed by atoms with E-state index in [9.17, 15) is 13.6 Å². The molecule has 1 amide bonds. The molecule has 0 aliphatic carbocycles. The maximum atomic E-state index is 13.9. The Bertz CT molecular complexity index is 1050. The summed E-state index contributed by atoms with van der Waals surface area (Å²) >= 11 is 0. The summed E-state index contributed by atoms with van der Waals surface area (Å²) in [6.45, 7) is 3.70. The highest BCUT2D eigenvalue weighted by atomic mass is 19.1. The van der Waals surface area contributed by atoms with E-state index in [1.54, 1.807) is 36.7 Å². The van der Waals surface area contributed by atoms with E-state index in [2.05, 4.69) is 14.9 Å². The van der Waals surface area contributed by atoms with Gasteiger partial charge in [0.2, 0.25) is 11.9 Å². The van der Waals surface area contributed by atoms with Gasteiger partial charge in [0, 0.05) is 37.9 Å². The molecule has 1 aromatic heterocycles. The predicted molar refractivity (Wildman–Crippen MR) is 123 cm³/mol. The number of piperidine rings is 1. The van der Waals surface area contributed by atoms with E-state index in [0.717, 1.165) is 11.1 Å². The van der Waals surface area contributed by atoms with Crippen molar-refractivity contribution in [1.82, 2.24) is 14.9 Å². The number of carbonyl (C=O) groups is 1. The van der Waals surface area contributed by atoms with Crippen LogP contribution >= 0.6 is 0 Å². The summed E-state index contributed by atoms with van der Waals surface area (Å²) in [5, 5.41) is 0. The second-order valence-electron chi connectivity index (χ2n) is 8.38. The molecule has 1 atom stereocenters. The number of carbonyl (C=O) groups excluding carboxylic acids is 1. The highest BCUT2D eigenvalue weighted by Gasteiger charge is 2.33. The van der Waals surface area contributed by atoms with Gasteiger partial charge in [0.25, 0.3) is 0 Å². The minimum Gasteiger partial charge on any atom is -0.341 e. The Labute approximate surface area is 193 Å². The van der Waals surface area contributed by atoms with E-state index in [4.69, 9.17) is 0 Å². The molecule has 0 bridgehead atoms. The van der Waals surface area contributed by atoms with Crippen molar-refractivity contribution in [3.63, 3.8) is 0 Å². The van der Waals surface area contributed by atoms with Crippen molar-refractivity contribution in [2.45, 2.75) is 38.8 Å². The summed E-state index contributed by atoms with van der Waals surface area (Å²) in [6, 6.07) is 14.2. The zero-order valence-corrected chi connectivity index (χ0v) is 18.7. The van der Waals surface area contributed by atoms with Gasteiger partial charge in [-0.2, -0.15) is 0 Å². The molecule has 0 spiro atoms. The van der Waals surface area contributed by atoms with Crippen LogP contribution in [-0.4, -0.2) is 33.9 Å². The third kappa shape index (κ3) is 5.53. The van der Waals surface area contributed by atoms with Gasteiger partial charge >= 0.3 is 0 Å². The van der Waals surface area contributed by atoms with E-state index in [1.807, 2.05) is 17.9 Å². The highest BCUT2D eigenvalue weighted by Crippen LogP contribution is 2.31. The summed E-state index contributed by atoms with van der Waals surface area (Å²) in [4.78, 5) is 26.3. The van der Waals surface area contributed by atoms with Gasteiger partial charge in [-0.05, 0) is 60.7 Å². The molecule has 1 saturated heterocycles. The molecule has 1 unspecified atom stereocenters. The van der Waals surface area contributed by atoms with Gasteiger partial charge in [-0.25, -0.2) is 18.7 Å². The lowest BCUT2D eigenvalue weighted by Crippen LogP contribution is -2.44. The Hall–Kier alpha value is -3.35. The third-order valence-electron chi connectivity index (χ3n) is 6.22. The second-order valence-corrected chi connectivity index (χ2v) is 8.38. The Morgan fingerprint density at radius 2 is 1.73 bits per heavy atom. The maximum absolute atomic E-state index is 13.9. The largest absolute Gasteiger partial charge is 0.341 e. The molecule has 1 fully saturated rings. The number of anilines is 1. The van der Waals surface area contributed by atoms with Crippen LogP contribution in [0.15, 0.2) is 67.0 Å². The van der Waals surface area contributed by atoms with Gasteiger partial charge in [-0.1, -0.05) is 31.2 Å². The molecule has 1 aliphatic rings. The van der Waals surface area contributed by atoms with Crippen molar-refractivity contribution >= 4 is 11.9 Å². The Morgan fingerprint density at radius 1 is 1.03 bits per heavy atom. The Morgan fingerprint density at radius 3 is 2.36 bits per heavy atom. The minimum absolute atomic E-state index is 0.0454. The number of hydrogen-bond donors (Lipinski definition) is 0. The number of amides is 1. The molecule has 0 radical (unpaired) electrons. The number of aromatic nitrogens is 2. The fourth-order valence-corrected chi connectivity index (χ4v) is 4.51. The van der Waals surface area contributed by atoms with Crippen LogP contribution in [0.25, 0.3) is 0 Å². The van der Waals surface area contributed by atoms with Crippen molar-refractivity contribution in [3.8, 4) is 0 Å². The first kappa shape index (κ1) is 22.8. The average molecular weight is 451 g/mol. The quantitative estimate of drug-likeness (QED) is 0.500. The van der Waals surface area contributed by atoms with E-state index in [0.29, 0.717) is 44.8 Å². The molecule has 7 heteroatoms. The first-order chi connectivity index (χ1) is 16.0. The molecule has 5 nitrogen and oxygen atoms in total. The number of halogens is 2. The minimum atomic E-state index is -0.328. The summed E-state index contributed by atoms with van der Waals surface area (Å²) < 4.78 is 27.4. The monoisotopic (exact) mass is 450 g/mol. The third-order valence-corrected chi connectivity index (χ3v) is 6.22. The van der Waals surface area contributed by atoms with Crippen molar-refractivity contribution in [3.05, 3.63) is 89.8 Å². The van der Waals surface area contributed by atoms with Crippen LogP contribution in [0.3, 0.4) is 0 Å². The lowest BCUT2D eigenvalue weighted by atomic mass is 9.92. The molecule has 33 heavy (non-hydrogen) atoms. The zero-order valence-electron chi connectivity index (χ0n) is 18.7. The number of rotatable bonds is 7. The standard InChI is InChI=1S/C26H28F2N4O/c1-2-24(20-7-9-22(27)10-8-20)32(18-19-5-3-6-23(28)17-19)25(33)21-11-15-31(16-12-21)26-29-13-4-14-30-26/h3-10,13-14,17,21,24H,2,11-12,15-16,18H2,1H3. The van der Waals surface area contributed by atoms with Crippen LogP contribution in [0.2, 0.25) is 0 Å². The lowest BCUT2D eigenvalue weighted by Gasteiger charge is -2.38. The van der Waals surface area contributed by atoms with Crippen molar-refractivity contribution in [2.24, 2.45) is 5.92 Å². The average Bonchev–Trinajstić information content (AvgIpc) is 2.85. The van der Waals surface area contributed by atoms with Crippen LogP contribution in [0.1, 0.15) is 43.4 Å². The van der Waals surface area contributed by atoms with E-state index < -0.39 is 0 Å². The van der Waals surface area contributed by atoms with Crippen LogP contribution in [0.4, 0.5) is 14.7 Å². The summed E-state index contributed by atoms with van der Waals surface area (Å²) in [5.41, 5.74) is 1.61. The van der Waals surface area contributed by atoms with Crippen molar-refractivity contribution < 1.29 is 13.6 Å². The van der Waals surface area contributed by atoms with Gasteiger partial charge < -0.3 is 9.80 Å². The fourth-order valence-electron chi connectivity index (χ4n) is 4.51. The molecule has 0 N–H and O–H groups in total. The summed E-state index contributed by atoms with van der Waals surface area (Å²) in [6.07, 6.45) is 5.49. The predicted octanol–water partition coefficient (Wildman–Crippen LogP) is 5.15. The number of nitrogens with zero attached hydrogens (tertiary/aromatic N) is 4. The molecule has 1 aliphatic heterocycles. The molecule has 3 aromatic rings. The van der Waals surface area contributed by atoms with E-state index in [-0.39, 0.29) is 29.5 Å². The molecule has 0 saturated carbocycles. The second kappa shape index (κ2) is 10.5. The normalized spacial score (nSPS) is 15.3. The fraction of sp³-hybridized carbons (Fsp3) is 0.346. The van der Waals surface area contributed by atoms with Crippen molar-refractivity contribution in [2.75, 3.05) is 18.0 Å². The Kier molecular flexibility index (Phi) is 7.27. The number of benzene rings is 2. The topological polar surface area (TPSA) is 49.3 Å². The molecular formula is C26H28F2N4O. The SMILES string of the molecule is CCC(c1ccc(F)cc1)N(Cc1cccc(F)c1)C(=O)C1CCN(c2ncccn2)CC1. The van der Waals surface area contributed by atoms with Gasteiger partial charge in [0.15, 0.2) is 0 Å². The lowest BCUT2D eigenvalue weighted by molar-refractivity contribution is -0.139. The molecular weight excluding hydrogens is 422 g/mol. The number of hydrogen-bond acceptors (Lipinski definition) is 4. The van der Waals surface area contributed by atoms with Crippen LogP contribution in [-0.2, 0) is 11.3 Å². The summed E-state index contributed by atoms with van der Waals surface area (Å²) in [5.74, 6) is -0.0622. The van der Waals surface area contributed by atoms with Crippen LogP contribution in [0.5, 0.6) is 0 Å². The smallest absolute Gasteiger partial charge is 0.226 e. The molecule has 4 rings (SSSR count). The van der Waals surface area contributed by atoms with Crippen LogP contribution in [0, 0.1) is 17.6 Å². The van der Waals surface area contributed by atoms with Gasteiger partial charge in [0.1, 0.15) is 11.6 Å². The van der Waals surface area contributed by atoms with Gasteiger partial charge in [-0.15, -0.1) is 0 Å². The highest BCUT2D eigenvalue weighted by molar-refractivity contribution is 5.79. The molecule has 2 heterocycles. The van der Waals surface area contributed by atoms with Gasteiger partial charge in [-0.3, -0.25) is 4.79 Å². The van der Waals surface area contributed by atoms with Crippen molar-refractivity contribution in [1.29, 1.82) is 0 Å². The van der Waals surface area contributed by atoms with Gasteiger partial charge in [0.05, 0.1) is 6.04 Å². The summed E-state index contributed by atoms with van der Waals surface area (Å²) in [7, 11) is 0. The first-order valence-electron chi connectivity index (χ1n) is 11.4. The zero-order chi connectivity index (χ0) is 23.2. The first-order valence-corrected chi connectivity index (χ1v) is 11.4.